The second kappa shape index (κ2) is 11.6. The van der Waals surface area contributed by atoms with Crippen molar-refractivity contribution in [3.8, 4) is 0 Å². The first-order chi connectivity index (χ1) is 16.9. The highest BCUT2D eigenvalue weighted by Crippen LogP contribution is 2.49. The minimum Gasteiger partial charge on any atom is -0.407 e. The summed E-state index contributed by atoms with van der Waals surface area (Å²) in [4.78, 5) is 1.54. The van der Waals surface area contributed by atoms with Crippen LogP contribution in [0.15, 0.2) is 88.7 Å². The molecule has 0 spiro atoms. The maximum atomic E-state index is 13.9. The molecule has 3 nitrogen and oxygen atoms in total. The van der Waals surface area contributed by atoms with Gasteiger partial charge in [-0.25, -0.2) is 4.21 Å². The van der Waals surface area contributed by atoms with Crippen LogP contribution in [0, 0.1) is 6.92 Å². The van der Waals surface area contributed by atoms with Crippen LogP contribution in [0.3, 0.4) is 0 Å². The summed E-state index contributed by atoms with van der Waals surface area (Å²) < 4.78 is 21.4. The normalized spacial score (nSPS) is 15.8. The number of hydrogen-bond acceptors (Lipinski definition) is 3. The molecule has 5 heteroatoms. The maximum absolute atomic E-state index is 13.9. The lowest BCUT2D eigenvalue weighted by atomic mass is 9.84. The summed E-state index contributed by atoms with van der Waals surface area (Å²) in [6, 6.07) is 26.1. The van der Waals surface area contributed by atoms with Gasteiger partial charge < -0.3 is 10.2 Å². The second-order valence-corrected chi connectivity index (χ2v) is 17.9. The van der Waals surface area contributed by atoms with E-state index in [1.54, 1.807) is 0 Å². The summed E-state index contributed by atoms with van der Waals surface area (Å²) in [5.74, 6) is 0. The van der Waals surface area contributed by atoms with E-state index in [2.05, 4.69) is 66.7 Å². The average molecular weight is 522 g/mol. The quantitative estimate of drug-likeness (QED) is 0.273. The van der Waals surface area contributed by atoms with E-state index in [4.69, 9.17) is 10.2 Å². The van der Waals surface area contributed by atoms with Crippen LogP contribution in [0.5, 0.6) is 0 Å². The van der Waals surface area contributed by atoms with E-state index in [9.17, 15) is 4.21 Å². The molecule has 0 aliphatic heterocycles. The highest BCUT2D eigenvalue weighted by atomic mass is 32.2. The van der Waals surface area contributed by atoms with Crippen LogP contribution in [-0.4, -0.2) is 12.5 Å². The van der Waals surface area contributed by atoms with Gasteiger partial charge in [-0.15, -0.1) is 0 Å². The van der Waals surface area contributed by atoms with Crippen molar-refractivity contribution in [1.82, 2.24) is 0 Å². The van der Waals surface area contributed by atoms with E-state index < -0.39 is 30.8 Å². The van der Waals surface area contributed by atoms with E-state index in [1.807, 2.05) is 67.6 Å². The lowest BCUT2D eigenvalue weighted by Gasteiger charge is -2.48. The minimum atomic E-state index is -2.34. The second-order valence-electron chi connectivity index (χ2n) is 11.1. The van der Waals surface area contributed by atoms with Crippen LogP contribution in [-0.2, 0) is 20.8 Å². The summed E-state index contributed by atoms with van der Waals surface area (Å²) in [5, 5.41) is 0. The zero-order valence-corrected chi connectivity index (χ0v) is 24.9. The van der Waals surface area contributed by atoms with E-state index in [-0.39, 0.29) is 0 Å². The van der Waals surface area contributed by atoms with Gasteiger partial charge in [0.15, 0.2) is 0 Å². The SMILES string of the molecule is Cc1ccc(S(=O)c2ccccc2[C@H](O[Si](C(C)C)(C(C)C)C(C)C)[C@@](C)(N)c2ccccc2)cc1. The lowest BCUT2D eigenvalue weighted by Crippen LogP contribution is -2.53. The summed E-state index contributed by atoms with van der Waals surface area (Å²) in [5.41, 5.74) is 10.6. The first-order valence-corrected chi connectivity index (χ1v) is 16.3. The fourth-order valence-corrected chi connectivity index (χ4v) is 12.5. The molecule has 0 saturated carbocycles. The van der Waals surface area contributed by atoms with Crippen molar-refractivity contribution in [1.29, 1.82) is 0 Å². The van der Waals surface area contributed by atoms with Gasteiger partial charge in [0.25, 0.3) is 0 Å². The fraction of sp³-hybridized carbons (Fsp3) is 0.419. The van der Waals surface area contributed by atoms with Gasteiger partial charge in [-0.05, 0) is 59.8 Å². The molecule has 2 N–H and O–H groups in total. The Balaban J connectivity index is 2.25. The molecule has 0 bridgehead atoms. The summed E-state index contributed by atoms with van der Waals surface area (Å²) >= 11 is 0. The molecule has 1 unspecified atom stereocenters. The molecule has 0 saturated heterocycles. The van der Waals surface area contributed by atoms with Crippen molar-refractivity contribution in [2.45, 2.75) is 93.4 Å². The van der Waals surface area contributed by atoms with Crippen LogP contribution in [0.4, 0.5) is 0 Å². The monoisotopic (exact) mass is 521 g/mol. The molecule has 36 heavy (non-hydrogen) atoms. The average Bonchev–Trinajstić information content (AvgIpc) is 2.84. The van der Waals surface area contributed by atoms with Crippen molar-refractivity contribution < 1.29 is 8.63 Å². The fourth-order valence-electron chi connectivity index (χ4n) is 5.72. The Morgan fingerprint density at radius 2 is 1.28 bits per heavy atom. The number of hydrogen-bond donors (Lipinski definition) is 1. The molecule has 0 amide bonds. The first-order valence-electron chi connectivity index (χ1n) is 13.0. The number of aryl methyl sites for hydroxylation is 1. The van der Waals surface area contributed by atoms with Crippen LogP contribution >= 0.6 is 0 Å². The highest BCUT2D eigenvalue weighted by Gasteiger charge is 2.50. The number of benzene rings is 3. The molecule has 3 aromatic rings. The Bertz CT molecular complexity index is 1130. The molecule has 0 fully saturated rings. The minimum absolute atomic E-state index is 0.390. The molecule has 0 radical (unpaired) electrons. The van der Waals surface area contributed by atoms with Gasteiger partial charge in [0.1, 0.15) is 0 Å². The van der Waals surface area contributed by atoms with E-state index >= 15 is 0 Å². The lowest BCUT2D eigenvalue weighted by molar-refractivity contribution is 0.0951. The van der Waals surface area contributed by atoms with Gasteiger partial charge in [0, 0.05) is 9.79 Å². The molecule has 194 valence electrons. The third-order valence-electron chi connectivity index (χ3n) is 7.61. The van der Waals surface area contributed by atoms with Gasteiger partial charge in [-0.2, -0.15) is 0 Å². The third-order valence-corrected chi connectivity index (χ3v) is 15.1. The van der Waals surface area contributed by atoms with E-state index in [0.717, 1.165) is 26.5 Å². The van der Waals surface area contributed by atoms with Crippen LogP contribution in [0.1, 0.15) is 71.3 Å². The Morgan fingerprint density at radius 3 is 1.81 bits per heavy atom. The van der Waals surface area contributed by atoms with Crippen molar-refractivity contribution in [3.05, 3.63) is 95.6 Å². The molecule has 0 aliphatic carbocycles. The zero-order valence-electron chi connectivity index (χ0n) is 23.1. The molecule has 3 atom stereocenters. The predicted octanol–water partition coefficient (Wildman–Crippen LogP) is 8.27. The first kappa shape index (κ1) is 28.5. The third kappa shape index (κ3) is 5.60. The van der Waals surface area contributed by atoms with Crippen LogP contribution < -0.4 is 5.73 Å². The van der Waals surface area contributed by atoms with Gasteiger partial charge >= 0.3 is 0 Å². The highest BCUT2D eigenvalue weighted by molar-refractivity contribution is 7.85. The molecule has 0 aliphatic rings. The van der Waals surface area contributed by atoms with Crippen LogP contribution in [0.25, 0.3) is 0 Å². The molecule has 0 aromatic heterocycles. The standard InChI is InChI=1S/C31H43NO2SSi/c1-22(2)36(23(3)4,24(5)6)34-30(31(8,32)26-14-10-9-11-15-26)28-16-12-13-17-29(28)35(33)27-20-18-25(7)19-21-27/h9-24,30H,32H2,1-8H3/t30-,31-,35?/m0/s1. The predicted molar refractivity (Wildman–Crippen MR) is 155 cm³/mol. The smallest absolute Gasteiger partial charge is 0.201 e. The van der Waals surface area contributed by atoms with Gasteiger partial charge in [-0.1, -0.05) is 108 Å². The summed E-state index contributed by atoms with van der Waals surface area (Å²) in [6.45, 7) is 17.8. The largest absolute Gasteiger partial charge is 0.407 e. The summed E-state index contributed by atoms with van der Waals surface area (Å²) in [7, 11) is -3.70. The molecule has 3 aromatic carbocycles. The van der Waals surface area contributed by atoms with Crippen molar-refractivity contribution in [3.63, 3.8) is 0 Å². The van der Waals surface area contributed by atoms with Gasteiger partial charge in [-0.3, -0.25) is 0 Å². The summed E-state index contributed by atoms with van der Waals surface area (Å²) in [6.07, 6.45) is -0.454. The molecule has 3 rings (SSSR count). The number of nitrogens with two attached hydrogens (primary N) is 1. The number of rotatable bonds is 10. The molecule has 0 heterocycles. The van der Waals surface area contributed by atoms with E-state index in [0.29, 0.717) is 16.6 Å². The maximum Gasteiger partial charge on any atom is 0.201 e. The van der Waals surface area contributed by atoms with Crippen molar-refractivity contribution >= 4 is 19.1 Å². The Kier molecular flexibility index (Phi) is 9.15. The van der Waals surface area contributed by atoms with Gasteiger partial charge in [0.2, 0.25) is 8.32 Å². The van der Waals surface area contributed by atoms with Crippen molar-refractivity contribution in [2.24, 2.45) is 5.73 Å². The van der Waals surface area contributed by atoms with Crippen LogP contribution in [0.2, 0.25) is 16.6 Å². The molecular formula is C31H43NO2SSi. The van der Waals surface area contributed by atoms with E-state index in [1.165, 1.54) is 0 Å². The topological polar surface area (TPSA) is 52.3 Å². The zero-order chi connectivity index (χ0) is 26.7. The molecular weight excluding hydrogens is 478 g/mol. The Labute approximate surface area is 222 Å². The Morgan fingerprint density at radius 1 is 0.778 bits per heavy atom. The van der Waals surface area contributed by atoms with Gasteiger partial charge in [0.05, 0.1) is 22.4 Å². The van der Waals surface area contributed by atoms with Crippen molar-refractivity contribution in [2.75, 3.05) is 0 Å². The Hall–Kier alpha value is -2.05.